The van der Waals surface area contributed by atoms with Crippen molar-refractivity contribution < 1.29 is 49.1 Å². The van der Waals surface area contributed by atoms with Gasteiger partial charge >= 0.3 is 0 Å². The van der Waals surface area contributed by atoms with Crippen molar-refractivity contribution in [1.82, 2.24) is 0 Å². The van der Waals surface area contributed by atoms with E-state index in [1.54, 1.807) is 0 Å². The Labute approximate surface area is 227 Å². The van der Waals surface area contributed by atoms with Crippen LogP contribution in [-0.4, -0.2) is 57.8 Å². The Bertz CT molecular complexity index is 1560. The van der Waals surface area contributed by atoms with Gasteiger partial charge in [-0.25, -0.2) is 0 Å². The maximum absolute atomic E-state index is 13.5. The summed E-state index contributed by atoms with van der Waals surface area (Å²) in [6.07, 6.45) is 0. The average molecular weight is 542 g/mol. The van der Waals surface area contributed by atoms with Gasteiger partial charge in [-0.3, -0.25) is 19.2 Å². The molecule has 4 N–H and O–H groups in total. The molecule has 0 fully saturated rings. The minimum Gasteiger partial charge on any atom is -0.504 e. The van der Waals surface area contributed by atoms with Crippen molar-refractivity contribution in [3.63, 3.8) is 0 Å². The molecule has 0 aliphatic carbocycles. The molecule has 0 saturated carbocycles. The molecule has 202 valence electrons. The van der Waals surface area contributed by atoms with E-state index in [1.807, 2.05) is 0 Å². The predicted octanol–water partition coefficient (Wildman–Crippen LogP) is 4.32. The minimum absolute atomic E-state index is 0.120. The van der Waals surface area contributed by atoms with Crippen LogP contribution in [0.2, 0.25) is 0 Å². The van der Waals surface area contributed by atoms with Crippen molar-refractivity contribution in [3.05, 3.63) is 95.1 Å². The van der Waals surface area contributed by atoms with Crippen LogP contribution >= 0.6 is 0 Å². The van der Waals surface area contributed by atoms with Gasteiger partial charge in [0.2, 0.25) is 23.1 Å². The van der Waals surface area contributed by atoms with E-state index in [1.165, 1.54) is 62.8 Å². The number of ether oxygens (including phenoxy) is 2. The van der Waals surface area contributed by atoms with Crippen LogP contribution in [0.5, 0.6) is 34.5 Å². The highest BCUT2D eigenvalue weighted by atomic mass is 16.5. The maximum atomic E-state index is 13.5. The molecule has 40 heavy (non-hydrogen) atoms. The number of benzene rings is 4. The molecular formula is C30H22O10. The molecular weight excluding hydrogens is 520 g/mol. The molecule has 0 bridgehead atoms. The lowest BCUT2D eigenvalue weighted by atomic mass is 9.88. The summed E-state index contributed by atoms with van der Waals surface area (Å²) in [6.45, 7) is 0. The second-order valence-corrected chi connectivity index (χ2v) is 8.55. The van der Waals surface area contributed by atoms with Crippen molar-refractivity contribution in [2.24, 2.45) is 0 Å². The predicted molar refractivity (Wildman–Crippen MR) is 142 cm³/mol. The molecule has 10 nitrogen and oxygen atoms in total. The summed E-state index contributed by atoms with van der Waals surface area (Å²) in [5.41, 5.74) is -0.467. The fourth-order valence-electron chi connectivity index (χ4n) is 3.98. The fraction of sp³-hybridized carbons (Fsp3) is 0.0667. The number of carbonyl (C=O) groups excluding carboxylic acids is 4. The Kier molecular flexibility index (Phi) is 7.53. The second-order valence-electron chi connectivity index (χ2n) is 8.55. The number of Topliss-reactive ketones (excluding diaryl/α,β-unsaturated/α-hetero) is 4. The summed E-state index contributed by atoms with van der Waals surface area (Å²) in [5.74, 6) is -5.72. The highest BCUT2D eigenvalue weighted by Gasteiger charge is 2.28. The van der Waals surface area contributed by atoms with Gasteiger partial charge in [-0.05, 0) is 83.9 Å². The monoisotopic (exact) mass is 542 g/mol. The summed E-state index contributed by atoms with van der Waals surface area (Å²) in [5, 5.41) is 38.7. The van der Waals surface area contributed by atoms with E-state index in [0.29, 0.717) is 0 Å². The molecule has 4 rings (SSSR count). The second kappa shape index (κ2) is 11.0. The largest absolute Gasteiger partial charge is 0.504 e. The van der Waals surface area contributed by atoms with Gasteiger partial charge < -0.3 is 29.9 Å². The van der Waals surface area contributed by atoms with E-state index in [0.717, 1.165) is 24.3 Å². The highest BCUT2D eigenvalue weighted by Crippen LogP contribution is 2.35. The first kappa shape index (κ1) is 27.4. The van der Waals surface area contributed by atoms with Gasteiger partial charge in [-0.1, -0.05) is 0 Å². The maximum Gasteiger partial charge on any atom is 0.234 e. The molecule has 4 aromatic carbocycles. The molecule has 0 radical (unpaired) electrons. The van der Waals surface area contributed by atoms with Crippen molar-refractivity contribution in [1.29, 1.82) is 0 Å². The summed E-state index contributed by atoms with van der Waals surface area (Å²) in [6, 6.07) is 14.9. The van der Waals surface area contributed by atoms with Crippen LogP contribution in [0.25, 0.3) is 11.1 Å². The summed E-state index contributed by atoms with van der Waals surface area (Å²) in [4.78, 5) is 53.1. The van der Waals surface area contributed by atoms with Crippen molar-refractivity contribution >= 4 is 23.1 Å². The standard InChI is InChI=1S/C30H22O10/c1-39-17-5-7-19(21(13-17)29(37)27(35)15-3-9-23(31)25(33)11-15)20-8-6-18(40-2)14-22(20)30(38)28(36)16-4-10-24(32)26(34)12-16/h3-14,31-34H,1-2H3. The number of aromatic hydroxyl groups is 4. The third-order valence-corrected chi connectivity index (χ3v) is 6.12. The van der Waals surface area contributed by atoms with Gasteiger partial charge in [-0.2, -0.15) is 0 Å². The fourth-order valence-corrected chi connectivity index (χ4v) is 3.98. The first-order valence-electron chi connectivity index (χ1n) is 11.6. The van der Waals surface area contributed by atoms with E-state index < -0.39 is 46.1 Å². The number of methoxy groups -OCH3 is 2. The lowest BCUT2D eigenvalue weighted by molar-refractivity contribution is 0.0816. The zero-order valence-electron chi connectivity index (χ0n) is 21.2. The van der Waals surface area contributed by atoms with E-state index in [4.69, 9.17) is 9.47 Å². The molecule has 0 aliphatic heterocycles. The number of carbonyl (C=O) groups is 4. The van der Waals surface area contributed by atoms with Crippen molar-refractivity contribution in [3.8, 4) is 45.6 Å². The smallest absolute Gasteiger partial charge is 0.234 e. The molecule has 10 heteroatoms. The average Bonchev–Trinajstić information content (AvgIpc) is 2.97. The number of phenols is 4. The highest BCUT2D eigenvalue weighted by molar-refractivity contribution is 6.51. The number of phenolic OH excluding ortho intramolecular Hbond substituents is 4. The lowest BCUT2D eigenvalue weighted by Gasteiger charge is -2.15. The van der Waals surface area contributed by atoms with Gasteiger partial charge in [0, 0.05) is 22.3 Å². The first-order chi connectivity index (χ1) is 19.0. The number of hydrogen-bond acceptors (Lipinski definition) is 10. The van der Waals surface area contributed by atoms with Gasteiger partial charge in [0.1, 0.15) is 11.5 Å². The van der Waals surface area contributed by atoms with Crippen LogP contribution in [-0.2, 0) is 0 Å². The molecule has 0 spiro atoms. The molecule has 4 aromatic rings. The molecule has 0 amide bonds. The Morgan fingerprint density at radius 3 is 1.18 bits per heavy atom. The summed E-state index contributed by atoms with van der Waals surface area (Å²) < 4.78 is 10.5. The normalized spacial score (nSPS) is 10.6. The number of ketones is 4. The molecule has 0 saturated heterocycles. The molecule has 0 aromatic heterocycles. The third kappa shape index (κ3) is 5.18. The van der Waals surface area contributed by atoms with Gasteiger partial charge in [0.05, 0.1) is 14.2 Å². The molecule has 0 atom stereocenters. The number of rotatable bonds is 9. The zero-order chi connectivity index (χ0) is 29.1. The molecule has 0 aliphatic rings. The van der Waals surface area contributed by atoms with E-state index in [9.17, 15) is 39.6 Å². The summed E-state index contributed by atoms with van der Waals surface area (Å²) >= 11 is 0. The molecule has 0 unspecified atom stereocenters. The third-order valence-electron chi connectivity index (χ3n) is 6.12. The van der Waals surface area contributed by atoms with Crippen LogP contribution in [0.15, 0.2) is 72.8 Å². The van der Waals surface area contributed by atoms with Crippen molar-refractivity contribution in [2.45, 2.75) is 0 Å². The van der Waals surface area contributed by atoms with Crippen LogP contribution in [0, 0.1) is 0 Å². The Hall–Kier alpha value is -5.64. The van der Waals surface area contributed by atoms with E-state index in [2.05, 4.69) is 0 Å². The van der Waals surface area contributed by atoms with Crippen LogP contribution in [0.3, 0.4) is 0 Å². The Balaban J connectivity index is 1.86. The van der Waals surface area contributed by atoms with E-state index >= 15 is 0 Å². The Morgan fingerprint density at radius 2 is 0.850 bits per heavy atom. The van der Waals surface area contributed by atoms with Crippen LogP contribution in [0.1, 0.15) is 41.4 Å². The zero-order valence-corrected chi connectivity index (χ0v) is 21.2. The number of hydrogen-bond donors (Lipinski definition) is 4. The minimum atomic E-state index is -1.01. The van der Waals surface area contributed by atoms with E-state index in [-0.39, 0.29) is 44.9 Å². The van der Waals surface area contributed by atoms with Crippen LogP contribution in [0.4, 0.5) is 0 Å². The van der Waals surface area contributed by atoms with Crippen LogP contribution < -0.4 is 9.47 Å². The van der Waals surface area contributed by atoms with Gasteiger partial charge in [-0.15, -0.1) is 0 Å². The first-order valence-corrected chi connectivity index (χ1v) is 11.6. The van der Waals surface area contributed by atoms with Crippen molar-refractivity contribution in [2.75, 3.05) is 14.2 Å². The summed E-state index contributed by atoms with van der Waals surface area (Å²) in [7, 11) is 2.72. The quantitative estimate of drug-likeness (QED) is 0.136. The lowest BCUT2D eigenvalue weighted by Crippen LogP contribution is -2.18. The molecule has 0 heterocycles. The SMILES string of the molecule is COc1ccc(-c2ccc(OC)cc2C(=O)C(=O)c2ccc(O)c(O)c2)c(C(=O)C(=O)c2ccc(O)c(O)c2)c1. The Morgan fingerprint density at radius 1 is 0.475 bits per heavy atom. The van der Waals surface area contributed by atoms with Gasteiger partial charge in [0.25, 0.3) is 0 Å². The topological polar surface area (TPSA) is 168 Å². The van der Waals surface area contributed by atoms with Gasteiger partial charge in [0.15, 0.2) is 23.0 Å².